The van der Waals surface area contributed by atoms with E-state index in [1.54, 1.807) is 11.1 Å². The van der Waals surface area contributed by atoms with Gasteiger partial charge in [-0.15, -0.1) is 0 Å². The normalized spacial score (nSPS) is 16.8. The minimum Gasteiger partial charge on any atom is -0.376 e. The lowest BCUT2D eigenvalue weighted by atomic mass is 10.1. The first-order chi connectivity index (χ1) is 12.1. The summed E-state index contributed by atoms with van der Waals surface area (Å²) in [5.41, 5.74) is 1.08. The summed E-state index contributed by atoms with van der Waals surface area (Å²) in [5.74, 6) is -1.57. The van der Waals surface area contributed by atoms with Crippen molar-refractivity contribution < 1.29 is 18.3 Å². The fraction of sp³-hybridized carbons (Fsp3) is 0.368. The molecule has 2 aromatic rings. The van der Waals surface area contributed by atoms with Crippen LogP contribution in [0.1, 0.15) is 24.1 Å². The zero-order valence-corrected chi connectivity index (χ0v) is 13.8. The van der Waals surface area contributed by atoms with Crippen LogP contribution in [0.15, 0.2) is 42.6 Å². The van der Waals surface area contributed by atoms with E-state index in [0.717, 1.165) is 24.6 Å². The van der Waals surface area contributed by atoms with Crippen molar-refractivity contribution in [3.05, 3.63) is 65.5 Å². The molecular formula is C19H20F2N2O2. The van der Waals surface area contributed by atoms with Crippen LogP contribution in [-0.4, -0.2) is 35.0 Å². The number of halogens is 2. The predicted molar refractivity (Wildman–Crippen MR) is 88.7 cm³/mol. The number of rotatable bonds is 6. The number of carbonyl (C=O) groups is 1. The molecular weight excluding hydrogens is 326 g/mol. The first-order valence-electron chi connectivity index (χ1n) is 8.34. The molecule has 0 bridgehead atoms. The number of ether oxygens (including phenoxy) is 1. The Labute approximate surface area is 145 Å². The van der Waals surface area contributed by atoms with Gasteiger partial charge in [-0.1, -0.05) is 6.07 Å². The van der Waals surface area contributed by atoms with Crippen molar-refractivity contribution in [1.29, 1.82) is 0 Å². The summed E-state index contributed by atoms with van der Waals surface area (Å²) in [6.07, 6.45) is 3.49. The Kier molecular flexibility index (Phi) is 5.71. The largest absolute Gasteiger partial charge is 0.376 e. The van der Waals surface area contributed by atoms with Crippen LogP contribution >= 0.6 is 0 Å². The first kappa shape index (κ1) is 17.5. The molecule has 1 aromatic heterocycles. The van der Waals surface area contributed by atoms with Crippen LogP contribution in [0.5, 0.6) is 0 Å². The summed E-state index contributed by atoms with van der Waals surface area (Å²) in [5, 5.41) is 0. The highest BCUT2D eigenvalue weighted by Crippen LogP contribution is 2.16. The number of benzene rings is 1. The van der Waals surface area contributed by atoms with E-state index in [9.17, 15) is 13.6 Å². The average molecular weight is 346 g/mol. The Hall–Kier alpha value is -2.34. The molecule has 2 heterocycles. The maximum atomic E-state index is 13.4. The first-order valence-corrected chi connectivity index (χ1v) is 8.34. The number of nitrogens with zero attached hydrogens (tertiary/aromatic N) is 2. The molecule has 1 unspecified atom stereocenters. The van der Waals surface area contributed by atoms with Crippen molar-refractivity contribution in [3.63, 3.8) is 0 Å². The van der Waals surface area contributed by atoms with Crippen LogP contribution < -0.4 is 0 Å². The van der Waals surface area contributed by atoms with Crippen LogP contribution in [-0.2, 0) is 22.5 Å². The van der Waals surface area contributed by atoms with E-state index < -0.39 is 11.6 Å². The van der Waals surface area contributed by atoms with Gasteiger partial charge in [-0.3, -0.25) is 9.78 Å². The van der Waals surface area contributed by atoms with E-state index in [4.69, 9.17) is 4.74 Å². The molecule has 6 heteroatoms. The minimum atomic E-state index is -0.682. The molecule has 1 aromatic carbocycles. The van der Waals surface area contributed by atoms with Gasteiger partial charge in [0.25, 0.3) is 0 Å². The fourth-order valence-corrected chi connectivity index (χ4v) is 2.98. The van der Waals surface area contributed by atoms with Crippen LogP contribution in [0.3, 0.4) is 0 Å². The number of carbonyl (C=O) groups excluding carboxylic acids is 1. The SMILES string of the molecule is O=C(Cc1cc(F)cc(F)c1)N(Cc1ccccn1)CC1CCCO1. The number of hydrogen-bond acceptors (Lipinski definition) is 3. The number of pyridine rings is 1. The molecule has 1 fully saturated rings. The third-order valence-corrected chi connectivity index (χ3v) is 4.16. The molecule has 1 atom stereocenters. The molecule has 0 N–H and O–H groups in total. The Morgan fingerprint density at radius 3 is 2.68 bits per heavy atom. The molecule has 1 amide bonds. The van der Waals surface area contributed by atoms with Crippen LogP contribution in [0.2, 0.25) is 0 Å². The van der Waals surface area contributed by atoms with Crippen molar-refractivity contribution in [1.82, 2.24) is 9.88 Å². The van der Waals surface area contributed by atoms with Crippen molar-refractivity contribution in [2.75, 3.05) is 13.2 Å². The predicted octanol–water partition coefficient (Wildman–Crippen LogP) is 3.11. The smallest absolute Gasteiger partial charge is 0.227 e. The second kappa shape index (κ2) is 8.16. The fourth-order valence-electron chi connectivity index (χ4n) is 2.98. The monoisotopic (exact) mass is 346 g/mol. The number of hydrogen-bond donors (Lipinski definition) is 0. The molecule has 0 spiro atoms. The van der Waals surface area contributed by atoms with Crippen LogP contribution in [0.4, 0.5) is 8.78 Å². The maximum Gasteiger partial charge on any atom is 0.227 e. The van der Waals surface area contributed by atoms with Gasteiger partial charge in [-0.05, 0) is 42.7 Å². The quantitative estimate of drug-likeness (QED) is 0.807. The summed E-state index contributed by atoms with van der Waals surface area (Å²) in [4.78, 5) is 18.6. The summed E-state index contributed by atoms with van der Waals surface area (Å²) in [6.45, 7) is 1.50. The number of amides is 1. The topological polar surface area (TPSA) is 42.4 Å². The van der Waals surface area contributed by atoms with Gasteiger partial charge in [-0.25, -0.2) is 8.78 Å². The van der Waals surface area contributed by atoms with E-state index in [1.165, 1.54) is 12.1 Å². The lowest BCUT2D eigenvalue weighted by Gasteiger charge is -2.25. The minimum absolute atomic E-state index is 0.00286. The molecule has 1 aliphatic heterocycles. The summed E-state index contributed by atoms with van der Waals surface area (Å²) in [7, 11) is 0. The molecule has 0 aliphatic carbocycles. The zero-order chi connectivity index (χ0) is 17.6. The Morgan fingerprint density at radius 1 is 1.24 bits per heavy atom. The van der Waals surface area contributed by atoms with Gasteiger partial charge in [0.05, 0.1) is 24.8 Å². The van der Waals surface area contributed by atoms with Gasteiger partial charge in [-0.2, -0.15) is 0 Å². The zero-order valence-electron chi connectivity index (χ0n) is 13.8. The second-order valence-electron chi connectivity index (χ2n) is 6.18. The standard InChI is InChI=1S/C19H20F2N2O2/c20-15-8-14(9-16(21)11-15)10-19(24)23(13-18-5-3-7-25-18)12-17-4-1-2-6-22-17/h1-2,4,6,8-9,11,18H,3,5,7,10,12-13H2. The van der Waals surface area contributed by atoms with E-state index in [-0.39, 0.29) is 18.4 Å². The van der Waals surface area contributed by atoms with E-state index in [1.807, 2.05) is 18.2 Å². The lowest BCUT2D eigenvalue weighted by Crippen LogP contribution is -2.38. The molecule has 4 nitrogen and oxygen atoms in total. The lowest BCUT2D eigenvalue weighted by molar-refractivity contribution is -0.132. The van der Waals surface area contributed by atoms with Crippen LogP contribution in [0, 0.1) is 11.6 Å². The molecule has 132 valence electrons. The average Bonchev–Trinajstić information content (AvgIpc) is 3.07. The van der Waals surface area contributed by atoms with Gasteiger partial charge < -0.3 is 9.64 Å². The summed E-state index contributed by atoms with van der Waals surface area (Å²) < 4.78 is 32.3. The Morgan fingerprint density at radius 2 is 2.04 bits per heavy atom. The van der Waals surface area contributed by atoms with Gasteiger partial charge in [0, 0.05) is 25.4 Å². The van der Waals surface area contributed by atoms with E-state index in [0.29, 0.717) is 25.3 Å². The molecule has 25 heavy (non-hydrogen) atoms. The highest BCUT2D eigenvalue weighted by Gasteiger charge is 2.23. The molecule has 3 rings (SSSR count). The summed E-state index contributed by atoms with van der Waals surface area (Å²) >= 11 is 0. The van der Waals surface area contributed by atoms with Crippen molar-refractivity contribution in [3.8, 4) is 0 Å². The van der Waals surface area contributed by atoms with Crippen molar-refractivity contribution in [2.24, 2.45) is 0 Å². The van der Waals surface area contributed by atoms with Gasteiger partial charge in [0.15, 0.2) is 0 Å². The van der Waals surface area contributed by atoms with Gasteiger partial charge in [0.1, 0.15) is 11.6 Å². The van der Waals surface area contributed by atoms with E-state index in [2.05, 4.69) is 4.98 Å². The Balaban J connectivity index is 1.73. The molecule has 1 aliphatic rings. The maximum absolute atomic E-state index is 13.4. The van der Waals surface area contributed by atoms with Crippen molar-refractivity contribution in [2.45, 2.75) is 31.9 Å². The second-order valence-corrected chi connectivity index (χ2v) is 6.18. The van der Waals surface area contributed by atoms with E-state index >= 15 is 0 Å². The Bertz CT molecular complexity index is 698. The highest BCUT2D eigenvalue weighted by atomic mass is 19.1. The number of aromatic nitrogens is 1. The molecule has 0 saturated carbocycles. The van der Waals surface area contributed by atoms with Crippen molar-refractivity contribution >= 4 is 5.91 Å². The third-order valence-electron chi connectivity index (χ3n) is 4.16. The molecule has 1 saturated heterocycles. The third kappa shape index (κ3) is 5.06. The molecule has 0 radical (unpaired) electrons. The summed E-state index contributed by atoms with van der Waals surface area (Å²) in [6, 6.07) is 8.69. The highest BCUT2D eigenvalue weighted by molar-refractivity contribution is 5.78. The van der Waals surface area contributed by atoms with Gasteiger partial charge >= 0.3 is 0 Å². The van der Waals surface area contributed by atoms with Gasteiger partial charge in [0.2, 0.25) is 5.91 Å². The van der Waals surface area contributed by atoms with Crippen LogP contribution in [0.25, 0.3) is 0 Å².